The SMILES string of the molecule is C#COC(=O)C1C2C=CC(C2)C1C. The Morgan fingerprint density at radius 1 is 1.54 bits per heavy atom. The highest BCUT2D eigenvalue weighted by Gasteiger charge is 2.46. The van der Waals surface area contributed by atoms with Gasteiger partial charge in [0.15, 0.2) is 0 Å². The van der Waals surface area contributed by atoms with Crippen molar-refractivity contribution >= 4 is 5.97 Å². The topological polar surface area (TPSA) is 26.3 Å². The van der Waals surface area contributed by atoms with Crippen LogP contribution in [0.15, 0.2) is 12.2 Å². The number of fused-ring (bicyclic) bond motifs is 2. The number of ether oxygens (including phenoxy) is 1. The van der Waals surface area contributed by atoms with Gasteiger partial charge in [0, 0.05) is 0 Å². The van der Waals surface area contributed by atoms with Crippen LogP contribution in [0.1, 0.15) is 13.3 Å². The second-order valence-corrected chi connectivity index (χ2v) is 3.87. The van der Waals surface area contributed by atoms with Crippen molar-refractivity contribution in [2.45, 2.75) is 13.3 Å². The van der Waals surface area contributed by atoms with Gasteiger partial charge in [-0.3, -0.25) is 4.79 Å². The Morgan fingerprint density at radius 2 is 2.23 bits per heavy atom. The van der Waals surface area contributed by atoms with Crippen molar-refractivity contribution in [3.63, 3.8) is 0 Å². The molecular weight excluding hydrogens is 164 g/mol. The average Bonchev–Trinajstić information content (AvgIpc) is 2.63. The molecule has 0 spiro atoms. The van der Waals surface area contributed by atoms with E-state index in [9.17, 15) is 4.79 Å². The molecule has 0 radical (unpaired) electrons. The predicted molar refractivity (Wildman–Crippen MR) is 48.3 cm³/mol. The van der Waals surface area contributed by atoms with Crippen LogP contribution in [0.25, 0.3) is 0 Å². The molecule has 2 nitrogen and oxygen atoms in total. The van der Waals surface area contributed by atoms with Gasteiger partial charge in [-0.1, -0.05) is 25.5 Å². The van der Waals surface area contributed by atoms with E-state index in [1.165, 1.54) is 0 Å². The molecule has 4 atom stereocenters. The highest BCUT2D eigenvalue weighted by molar-refractivity contribution is 5.75. The summed E-state index contributed by atoms with van der Waals surface area (Å²) >= 11 is 0. The molecule has 68 valence electrons. The third kappa shape index (κ3) is 1.16. The number of esters is 1. The summed E-state index contributed by atoms with van der Waals surface area (Å²) in [5.74, 6) is 1.06. The van der Waals surface area contributed by atoms with Gasteiger partial charge in [-0.15, -0.1) is 0 Å². The van der Waals surface area contributed by atoms with Crippen molar-refractivity contribution in [3.05, 3.63) is 12.2 Å². The van der Waals surface area contributed by atoms with Crippen LogP contribution in [0.5, 0.6) is 0 Å². The zero-order valence-electron chi connectivity index (χ0n) is 7.57. The van der Waals surface area contributed by atoms with E-state index in [2.05, 4.69) is 23.8 Å². The maximum Gasteiger partial charge on any atom is 0.323 e. The molecule has 0 aliphatic heterocycles. The van der Waals surface area contributed by atoms with Gasteiger partial charge in [0.1, 0.15) is 6.11 Å². The molecule has 0 N–H and O–H groups in total. The maximum atomic E-state index is 11.4. The van der Waals surface area contributed by atoms with Crippen LogP contribution in [0.3, 0.4) is 0 Å². The first-order valence-corrected chi connectivity index (χ1v) is 4.58. The molecule has 2 heteroatoms. The van der Waals surface area contributed by atoms with Gasteiger partial charge in [-0.05, 0) is 24.2 Å². The summed E-state index contributed by atoms with van der Waals surface area (Å²) in [4.78, 5) is 11.4. The minimum atomic E-state index is -0.230. The van der Waals surface area contributed by atoms with Gasteiger partial charge in [0.05, 0.1) is 5.92 Å². The summed E-state index contributed by atoms with van der Waals surface area (Å²) in [5.41, 5.74) is 0. The molecule has 0 saturated heterocycles. The van der Waals surface area contributed by atoms with Crippen LogP contribution in [-0.4, -0.2) is 5.97 Å². The van der Waals surface area contributed by atoms with Gasteiger partial charge in [0.25, 0.3) is 0 Å². The standard InChI is InChI=1S/C11H12O2/c1-3-13-11(12)10-7(2)8-4-5-9(10)6-8/h1,4-5,7-10H,6H2,2H3. The monoisotopic (exact) mass is 176 g/mol. The number of terminal acetylenes is 1. The minimum Gasteiger partial charge on any atom is -0.372 e. The molecule has 1 fully saturated rings. The molecule has 0 aromatic carbocycles. The van der Waals surface area contributed by atoms with Gasteiger partial charge >= 0.3 is 5.97 Å². The summed E-state index contributed by atoms with van der Waals surface area (Å²) in [6, 6.07) is 0. The van der Waals surface area contributed by atoms with Gasteiger partial charge < -0.3 is 4.74 Å². The lowest BCUT2D eigenvalue weighted by molar-refractivity contribution is -0.143. The van der Waals surface area contributed by atoms with Crippen molar-refractivity contribution in [2.24, 2.45) is 23.7 Å². The van der Waals surface area contributed by atoms with Crippen LogP contribution in [0.4, 0.5) is 0 Å². The van der Waals surface area contributed by atoms with E-state index in [0.717, 1.165) is 6.42 Å². The van der Waals surface area contributed by atoms with Crippen LogP contribution >= 0.6 is 0 Å². The number of allylic oxidation sites excluding steroid dienone is 2. The van der Waals surface area contributed by atoms with Crippen molar-refractivity contribution in [3.8, 4) is 12.5 Å². The average molecular weight is 176 g/mol. The van der Waals surface area contributed by atoms with Crippen molar-refractivity contribution in [2.75, 3.05) is 0 Å². The van der Waals surface area contributed by atoms with E-state index in [-0.39, 0.29) is 11.9 Å². The summed E-state index contributed by atoms with van der Waals surface area (Å²) in [5, 5.41) is 0. The molecule has 0 aromatic heterocycles. The van der Waals surface area contributed by atoms with Crippen molar-refractivity contribution < 1.29 is 9.53 Å². The number of hydrogen-bond acceptors (Lipinski definition) is 2. The normalized spacial score (nSPS) is 40.3. The van der Waals surface area contributed by atoms with Crippen LogP contribution in [0.2, 0.25) is 0 Å². The second-order valence-electron chi connectivity index (χ2n) is 3.87. The molecule has 2 aliphatic carbocycles. The largest absolute Gasteiger partial charge is 0.372 e. The van der Waals surface area contributed by atoms with E-state index >= 15 is 0 Å². The van der Waals surface area contributed by atoms with E-state index < -0.39 is 0 Å². The zero-order chi connectivity index (χ0) is 9.42. The fraction of sp³-hybridized carbons (Fsp3) is 0.545. The molecular formula is C11H12O2. The molecule has 0 amide bonds. The predicted octanol–water partition coefficient (Wildman–Crippen LogP) is 1.58. The van der Waals surface area contributed by atoms with Crippen molar-refractivity contribution in [1.29, 1.82) is 0 Å². The van der Waals surface area contributed by atoms with Gasteiger partial charge in [-0.2, -0.15) is 0 Å². The Bertz CT molecular complexity index is 298. The van der Waals surface area contributed by atoms with E-state index in [4.69, 9.17) is 6.42 Å². The Morgan fingerprint density at radius 3 is 2.77 bits per heavy atom. The van der Waals surface area contributed by atoms with Gasteiger partial charge in [0.2, 0.25) is 0 Å². The Kier molecular flexibility index (Phi) is 1.88. The van der Waals surface area contributed by atoms with Gasteiger partial charge in [-0.25, -0.2) is 0 Å². The summed E-state index contributed by atoms with van der Waals surface area (Å²) in [7, 11) is 0. The fourth-order valence-electron chi connectivity index (χ4n) is 2.58. The Labute approximate surface area is 78.0 Å². The molecule has 2 aliphatic rings. The smallest absolute Gasteiger partial charge is 0.323 e. The summed E-state index contributed by atoms with van der Waals surface area (Å²) < 4.78 is 4.60. The number of carbonyl (C=O) groups is 1. The first kappa shape index (κ1) is 8.37. The number of hydrogen-bond donors (Lipinski definition) is 0. The third-order valence-corrected chi connectivity index (χ3v) is 3.28. The quantitative estimate of drug-likeness (QED) is 0.344. The lowest BCUT2D eigenvalue weighted by atomic mass is 9.84. The van der Waals surface area contributed by atoms with E-state index in [1.54, 1.807) is 0 Å². The van der Waals surface area contributed by atoms with E-state index in [1.807, 2.05) is 6.11 Å². The first-order chi connectivity index (χ1) is 6.24. The zero-order valence-corrected chi connectivity index (χ0v) is 7.57. The summed E-state index contributed by atoms with van der Waals surface area (Å²) in [6.07, 6.45) is 12.3. The first-order valence-electron chi connectivity index (χ1n) is 4.58. The molecule has 0 heterocycles. The summed E-state index contributed by atoms with van der Waals surface area (Å²) in [6.45, 7) is 2.09. The van der Waals surface area contributed by atoms with Crippen LogP contribution in [-0.2, 0) is 9.53 Å². The highest BCUT2D eigenvalue weighted by Crippen LogP contribution is 2.47. The fourth-order valence-corrected chi connectivity index (χ4v) is 2.58. The molecule has 0 aromatic rings. The third-order valence-electron chi connectivity index (χ3n) is 3.28. The molecule has 4 unspecified atom stereocenters. The molecule has 2 bridgehead atoms. The second kappa shape index (κ2) is 2.92. The Hall–Kier alpha value is -1.23. The maximum absolute atomic E-state index is 11.4. The van der Waals surface area contributed by atoms with Crippen LogP contribution in [0, 0.1) is 36.2 Å². The number of carbonyl (C=O) groups excluding carboxylic acids is 1. The highest BCUT2D eigenvalue weighted by atomic mass is 16.5. The Balaban J connectivity index is 2.13. The van der Waals surface area contributed by atoms with Crippen LogP contribution < -0.4 is 0 Å². The lowest BCUT2D eigenvalue weighted by Gasteiger charge is -2.21. The number of rotatable bonds is 1. The minimum absolute atomic E-state index is 0.00829. The molecule has 13 heavy (non-hydrogen) atoms. The lowest BCUT2D eigenvalue weighted by Crippen LogP contribution is -2.26. The molecule has 1 saturated carbocycles. The molecule has 2 rings (SSSR count). The van der Waals surface area contributed by atoms with Crippen molar-refractivity contribution in [1.82, 2.24) is 0 Å². The van der Waals surface area contributed by atoms with E-state index in [0.29, 0.717) is 17.8 Å².